The first-order chi connectivity index (χ1) is 13.2. The predicted molar refractivity (Wildman–Crippen MR) is 126 cm³/mol. The van der Waals surface area contributed by atoms with Crippen molar-refractivity contribution in [3.63, 3.8) is 0 Å². The van der Waals surface area contributed by atoms with Crippen LogP contribution >= 0.6 is 0 Å². The first kappa shape index (κ1) is 30.4. The normalized spacial score (nSPS) is 11.6. The van der Waals surface area contributed by atoms with Gasteiger partial charge in [-0.05, 0) is 33.6 Å². The molecule has 0 aliphatic carbocycles. The van der Waals surface area contributed by atoms with Gasteiger partial charge < -0.3 is 16.9 Å². The van der Waals surface area contributed by atoms with Gasteiger partial charge in [-0.15, -0.1) is 0 Å². The molecule has 0 saturated heterocycles. The Labute approximate surface area is 186 Å². The van der Waals surface area contributed by atoms with E-state index in [9.17, 15) is 0 Å². The Kier molecular flexibility index (Phi) is 25.6. The van der Waals surface area contributed by atoms with Crippen molar-refractivity contribution in [2.75, 3.05) is 26.2 Å². The monoisotopic (exact) mass is 417 g/mol. The summed E-state index contributed by atoms with van der Waals surface area (Å²) in [5.74, 6) is 0. The van der Waals surface area contributed by atoms with E-state index in [0.29, 0.717) is 0 Å². The van der Waals surface area contributed by atoms with Crippen molar-refractivity contribution in [1.82, 2.24) is 0 Å². The highest BCUT2D eigenvalue weighted by atomic mass is 35.5. The van der Waals surface area contributed by atoms with Crippen LogP contribution in [0.3, 0.4) is 0 Å². The number of nitrogens with zero attached hydrogens (tertiary/aromatic N) is 1. The number of hydrogen-bond acceptors (Lipinski definition) is 0. The number of hydrogen-bond donors (Lipinski definition) is 0. The molecule has 0 aliphatic rings. The molecule has 0 radical (unpaired) electrons. The molecular weight excluding hydrogens is 362 g/mol. The molecule has 0 aliphatic heterocycles. The molecule has 0 fully saturated rings. The Morgan fingerprint density at radius 3 is 0.857 bits per heavy atom. The van der Waals surface area contributed by atoms with Gasteiger partial charge in [0.15, 0.2) is 0 Å². The van der Waals surface area contributed by atoms with Gasteiger partial charge in [-0.25, -0.2) is 0 Å². The number of halogens is 1. The topological polar surface area (TPSA) is 0 Å². The molecule has 0 saturated carbocycles. The summed E-state index contributed by atoms with van der Waals surface area (Å²) in [5, 5.41) is 0. The molecule has 0 unspecified atom stereocenters. The molecule has 2 heteroatoms. The molecule has 0 atom stereocenters. The molecule has 0 aromatic rings. The van der Waals surface area contributed by atoms with E-state index in [4.69, 9.17) is 0 Å². The highest BCUT2D eigenvalue weighted by molar-refractivity contribution is 4.51. The fourth-order valence-electron chi connectivity index (χ4n) is 4.49. The summed E-state index contributed by atoms with van der Waals surface area (Å²) in [6.45, 7) is 14.7. The van der Waals surface area contributed by atoms with Crippen LogP contribution in [0.2, 0.25) is 0 Å². The molecule has 0 aromatic heterocycles. The van der Waals surface area contributed by atoms with Crippen molar-refractivity contribution < 1.29 is 16.9 Å². The second-order valence-electron chi connectivity index (χ2n) is 9.02. The fourth-order valence-corrected chi connectivity index (χ4v) is 4.49. The van der Waals surface area contributed by atoms with Crippen molar-refractivity contribution >= 4 is 0 Å². The van der Waals surface area contributed by atoms with Gasteiger partial charge in [0.05, 0.1) is 26.2 Å². The standard InChI is InChI=1S/C26H56N.ClH/c1-5-9-10-11-12-13-14-15-16-17-18-19-20-21-22-23-24-25-26-27(6-2,7-3)8-4;/h5-26H2,1-4H3;1H/q+1;/p-1. The van der Waals surface area contributed by atoms with Crippen molar-refractivity contribution in [3.8, 4) is 0 Å². The lowest BCUT2D eigenvalue weighted by molar-refractivity contribution is -0.923. The Balaban J connectivity index is 0. The zero-order chi connectivity index (χ0) is 20.1. The Hall–Kier alpha value is 0.250. The minimum Gasteiger partial charge on any atom is -1.00 e. The maximum Gasteiger partial charge on any atom is 0.0786 e. The zero-order valence-corrected chi connectivity index (χ0v) is 21.1. The van der Waals surface area contributed by atoms with Gasteiger partial charge in [-0.2, -0.15) is 0 Å². The summed E-state index contributed by atoms with van der Waals surface area (Å²) < 4.78 is 1.33. The van der Waals surface area contributed by atoms with Gasteiger partial charge in [0, 0.05) is 0 Å². The van der Waals surface area contributed by atoms with Gasteiger partial charge >= 0.3 is 0 Å². The maximum atomic E-state index is 2.36. The lowest BCUT2D eigenvalue weighted by Crippen LogP contribution is -3.00. The van der Waals surface area contributed by atoms with Gasteiger partial charge in [0.25, 0.3) is 0 Å². The summed E-state index contributed by atoms with van der Waals surface area (Å²) in [6.07, 6.45) is 26.4. The van der Waals surface area contributed by atoms with Crippen LogP contribution in [0.5, 0.6) is 0 Å². The maximum absolute atomic E-state index is 2.36. The molecule has 0 rings (SSSR count). The van der Waals surface area contributed by atoms with Crippen molar-refractivity contribution in [2.45, 2.75) is 143 Å². The van der Waals surface area contributed by atoms with E-state index in [-0.39, 0.29) is 12.4 Å². The van der Waals surface area contributed by atoms with Crippen LogP contribution in [0.15, 0.2) is 0 Å². The largest absolute Gasteiger partial charge is 1.00 e. The van der Waals surface area contributed by atoms with Gasteiger partial charge in [-0.3, -0.25) is 0 Å². The van der Waals surface area contributed by atoms with Crippen LogP contribution in [0.25, 0.3) is 0 Å². The van der Waals surface area contributed by atoms with Crippen LogP contribution in [0.4, 0.5) is 0 Å². The fraction of sp³-hybridized carbons (Fsp3) is 1.00. The lowest BCUT2D eigenvalue weighted by atomic mass is 10.0. The second kappa shape index (κ2) is 23.5. The third-order valence-corrected chi connectivity index (χ3v) is 7.00. The lowest BCUT2D eigenvalue weighted by Gasteiger charge is -2.35. The minimum absolute atomic E-state index is 0. The van der Waals surface area contributed by atoms with Crippen LogP contribution < -0.4 is 12.4 Å². The highest BCUT2D eigenvalue weighted by Gasteiger charge is 2.19. The predicted octanol–water partition coefficient (Wildman–Crippen LogP) is 5.91. The number of unbranched alkanes of at least 4 members (excludes halogenated alkanes) is 17. The average molecular weight is 418 g/mol. The van der Waals surface area contributed by atoms with E-state index >= 15 is 0 Å². The van der Waals surface area contributed by atoms with Crippen LogP contribution in [-0.4, -0.2) is 30.7 Å². The summed E-state index contributed by atoms with van der Waals surface area (Å²) >= 11 is 0. The molecule has 28 heavy (non-hydrogen) atoms. The van der Waals surface area contributed by atoms with Gasteiger partial charge in [0.2, 0.25) is 0 Å². The highest BCUT2D eigenvalue weighted by Crippen LogP contribution is 2.15. The molecule has 0 N–H and O–H groups in total. The quantitative estimate of drug-likeness (QED) is 0.152. The van der Waals surface area contributed by atoms with Crippen molar-refractivity contribution in [3.05, 3.63) is 0 Å². The first-order valence-corrected chi connectivity index (χ1v) is 13.1. The molecule has 0 spiro atoms. The Morgan fingerprint density at radius 1 is 0.357 bits per heavy atom. The Bertz CT molecular complexity index is 267. The average Bonchev–Trinajstić information content (AvgIpc) is 2.70. The zero-order valence-electron chi connectivity index (χ0n) is 20.4. The Morgan fingerprint density at radius 2 is 0.607 bits per heavy atom. The summed E-state index contributed by atoms with van der Waals surface area (Å²) in [5.41, 5.74) is 0. The summed E-state index contributed by atoms with van der Waals surface area (Å²) in [6, 6.07) is 0. The third-order valence-electron chi connectivity index (χ3n) is 7.00. The molecule has 0 aromatic carbocycles. The van der Waals surface area contributed by atoms with E-state index in [0.717, 1.165) is 0 Å². The molecule has 0 bridgehead atoms. The SMILES string of the molecule is CCCCCCCCCCCCCCCCCCCC[N+](CC)(CC)CC.[Cl-]. The smallest absolute Gasteiger partial charge is 0.0786 e. The van der Waals surface area contributed by atoms with E-state index in [1.54, 1.807) is 0 Å². The molecule has 1 nitrogen and oxygen atoms in total. The summed E-state index contributed by atoms with van der Waals surface area (Å²) in [7, 11) is 0. The number of rotatable bonds is 22. The van der Waals surface area contributed by atoms with E-state index in [1.165, 1.54) is 146 Å². The minimum atomic E-state index is 0. The van der Waals surface area contributed by atoms with E-state index in [2.05, 4.69) is 27.7 Å². The second-order valence-corrected chi connectivity index (χ2v) is 9.02. The molecule has 0 heterocycles. The molecule has 172 valence electrons. The van der Waals surface area contributed by atoms with Crippen LogP contribution in [0, 0.1) is 0 Å². The third kappa shape index (κ3) is 18.3. The van der Waals surface area contributed by atoms with Crippen molar-refractivity contribution in [2.24, 2.45) is 0 Å². The molecule has 0 amide bonds. The van der Waals surface area contributed by atoms with E-state index < -0.39 is 0 Å². The van der Waals surface area contributed by atoms with Gasteiger partial charge in [-0.1, -0.05) is 110 Å². The number of quaternary nitrogens is 1. The van der Waals surface area contributed by atoms with Crippen LogP contribution in [0.1, 0.15) is 143 Å². The van der Waals surface area contributed by atoms with Gasteiger partial charge in [0.1, 0.15) is 0 Å². The van der Waals surface area contributed by atoms with E-state index in [1.807, 2.05) is 0 Å². The first-order valence-electron chi connectivity index (χ1n) is 13.1. The van der Waals surface area contributed by atoms with Crippen LogP contribution in [-0.2, 0) is 0 Å². The summed E-state index contributed by atoms with van der Waals surface area (Å²) in [4.78, 5) is 0. The molecular formula is C26H56ClN. The van der Waals surface area contributed by atoms with Crippen molar-refractivity contribution in [1.29, 1.82) is 0 Å².